The van der Waals surface area contributed by atoms with Gasteiger partial charge in [-0.3, -0.25) is 14.9 Å². The second-order valence-electron chi connectivity index (χ2n) is 6.78. The molecule has 0 fully saturated rings. The normalized spacial score (nSPS) is 11.0. The van der Waals surface area contributed by atoms with Crippen LogP contribution in [0.4, 0.5) is 5.69 Å². The summed E-state index contributed by atoms with van der Waals surface area (Å²) in [6.45, 7) is 4.85. The van der Waals surface area contributed by atoms with Crippen LogP contribution in [0.2, 0.25) is 5.15 Å². The third-order valence-electron chi connectivity index (χ3n) is 4.44. The number of nitrogens with one attached hydrogen (secondary N) is 1. The lowest BCUT2D eigenvalue weighted by atomic mass is 10.1. The van der Waals surface area contributed by atoms with Gasteiger partial charge in [0.05, 0.1) is 28.1 Å². The number of benzene rings is 2. The van der Waals surface area contributed by atoms with Crippen molar-refractivity contribution in [2.24, 2.45) is 5.10 Å². The summed E-state index contributed by atoms with van der Waals surface area (Å²) < 4.78 is 7.11. The van der Waals surface area contributed by atoms with Crippen molar-refractivity contribution in [1.29, 1.82) is 0 Å². The molecule has 160 valence electrons. The molecule has 0 bridgehead atoms. The molecule has 9 nitrogen and oxygen atoms in total. The molecule has 0 saturated heterocycles. The van der Waals surface area contributed by atoms with Crippen molar-refractivity contribution < 1.29 is 14.5 Å². The van der Waals surface area contributed by atoms with Crippen LogP contribution in [0.25, 0.3) is 5.69 Å². The third kappa shape index (κ3) is 5.07. The van der Waals surface area contributed by atoms with Crippen molar-refractivity contribution in [3.8, 4) is 11.4 Å². The van der Waals surface area contributed by atoms with E-state index < -0.39 is 10.8 Å². The summed E-state index contributed by atoms with van der Waals surface area (Å²) in [5.74, 6) is -0.0645. The van der Waals surface area contributed by atoms with Crippen LogP contribution in [0.15, 0.2) is 47.6 Å². The topological polar surface area (TPSA) is 112 Å². The van der Waals surface area contributed by atoms with Crippen molar-refractivity contribution in [2.45, 2.75) is 20.8 Å². The van der Waals surface area contributed by atoms with Crippen LogP contribution in [-0.2, 0) is 4.79 Å². The number of carbonyl (C=O) groups excluding carboxylic acids is 1. The number of nitrogens with zero attached hydrogens (tertiary/aromatic N) is 4. The molecule has 31 heavy (non-hydrogen) atoms. The molecule has 0 aliphatic carbocycles. The molecule has 2 aromatic carbocycles. The van der Waals surface area contributed by atoms with Crippen molar-refractivity contribution >= 4 is 29.4 Å². The summed E-state index contributed by atoms with van der Waals surface area (Å²) >= 11 is 6.41. The number of aryl methyl sites for hydroxylation is 3. The minimum absolute atomic E-state index is 0.0281. The Bertz CT molecular complexity index is 1140. The molecule has 1 N–H and O–H groups in total. The molecule has 3 rings (SSSR count). The van der Waals surface area contributed by atoms with E-state index in [2.05, 4.69) is 15.6 Å². The van der Waals surface area contributed by atoms with Crippen LogP contribution in [0.1, 0.15) is 22.4 Å². The first-order chi connectivity index (χ1) is 14.8. The summed E-state index contributed by atoms with van der Waals surface area (Å²) in [7, 11) is 0. The number of para-hydroxylation sites is 1. The van der Waals surface area contributed by atoms with E-state index in [1.807, 2.05) is 30.3 Å². The Hall–Kier alpha value is -3.72. The number of amides is 1. The Labute approximate surface area is 183 Å². The molecule has 10 heteroatoms. The van der Waals surface area contributed by atoms with Gasteiger partial charge >= 0.3 is 0 Å². The van der Waals surface area contributed by atoms with Crippen molar-refractivity contribution in [1.82, 2.24) is 15.2 Å². The average Bonchev–Trinajstić information content (AvgIpc) is 3.02. The molecular formula is C21H20ClN5O4. The van der Waals surface area contributed by atoms with Crippen LogP contribution in [-0.4, -0.2) is 33.4 Å². The molecule has 0 spiro atoms. The molecule has 1 aromatic heterocycles. The maximum Gasteiger partial charge on any atom is 0.277 e. The summed E-state index contributed by atoms with van der Waals surface area (Å²) in [6.07, 6.45) is 1.42. The maximum absolute atomic E-state index is 12.1. The summed E-state index contributed by atoms with van der Waals surface area (Å²) in [6, 6.07) is 12.2. The van der Waals surface area contributed by atoms with Crippen LogP contribution >= 0.6 is 11.6 Å². The fourth-order valence-electron chi connectivity index (χ4n) is 3.00. The number of carbonyl (C=O) groups is 1. The number of aromatic nitrogens is 2. The van der Waals surface area contributed by atoms with E-state index in [0.29, 0.717) is 33.3 Å². The van der Waals surface area contributed by atoms with Gasteiger partial charge in [0.1, 0.15) is 10.9 Å². The van der Waals surface area contributed by atoms with Gasteiger partial charge in [0.25, 0.3) is 11.6 Å². The van der Waals surface area contributed by atoms with E-state index in [0.717, 1.165) is 5.69 Å². The van der Waals surface area contributed by atoms with Gasteiger partial charge in [-0.1, -0.05) is 29.8 Å². The molecule has 0 radical (unpaired) electrons. The van der Waals surface area contributed by atoms with Crippen molar-refractivity contribution in [3.05, 3.63) is 80.1 Å². The van der Waals surface area contributed by atoms with Gasteiger partial charge in [-0.15, -0.1) is 0 Å². The number of nitro groups is 1. The average molecular weight is 442 g/mol. The number of hydrogen-bond donors (Lipinski definition) is 1. The van der Waals surface area contributed by atoms with Gasteiger partial charge in [-0.25, -0.2) is 10.1 Å². The first-order valence-electron chi connectivity index (χ1n) is 9.28. The Balaban J connectivity index is 1.63. The second kappa shape index (κ2) is 9.40. The number of rotatable bonds is 7. The monoisotopic (exact) mass is 441 g/mol. The van der Waals surface area contributed by atoms with Gasteiger partial charge in [0.15, 0.2) is 6.61 Å². The van der Waals surface area contributed by atoms with Crippen LogP contribution in [0, 0.1) is 30.9 Å². The first-order valence-corrected chi connectivity index (χ1v) is 9.66. The zero-order valence-corrected chi connectivity index (χ0v) is 17.9. The molecule has 1 heterocycles. The SMILES string of the molecule is Cc1cc([N+](=O)[O-])cc(C)c1OCC(=O)NN=Cc1c(C)nn(-c2ccccc2)c1Cl. The number of hydrazone groups is 1. The summed E-state index contributed by atoms with van der Waals surface area (Å²) in [5.41, 5.74) is 5.52. The second-order valence-corrected chi connectivity index (χ2v) is 7.14. The number of hydrogen-bond acceptors (Lipinski definition) is 6. The quantitative estimate of drug-likeness (QED) is 0.339. The lowest BCUT2D eigenvalue weighted by molar-refractivity contribution is -0.385. The van der Waals surface area contributed by atoms with Gasteiger partial charge in [0, 0.05) is 12.1 Å². The third-order valence-corrected chi connectivity index (χ3v) is 4.80. The molecule has 0 aliphatic rings. The largest absolute Gasteiger partial charge is 0.483 e. The number of nitro benzene ring substituents is 1. The van der Waals surface area contributed by atoms with E-state index >= 15 is 0 Å². The fourth-order valence-corrected chi connectivity index (χ4v) is 3.32. The maximum atomic E-state index is 12.1. The number of non-ortho nitro benzene ring substituents is 1. The highest BCUT2D eigenvalue weighted by molar-refractivity contribution is 6.32. The van der Waals surface area contributed by atoms with Crippen molar-refractivity contribution in [2.75, 3.05) is 6.61 Å². The Morgan fingerprint density at radius 1 is 1.26 bits per heavy atom. The first kappa shape index (κ1) is 22.0. The molecule has 3 aromatic rings. The lowest BCUT2D eigenvalue weighted by Crippen LogP contribution is -2.25. The van der Waals surface area contributed by atoms with Gasteiger partial charge < -0.3 is 4.74 Å². The number of halogens is 1. The highest BCUT2D eigenvalue weighted by Gasteiger charge is 2.15. The van der Waals surface area contributed by atoms with Crippen molar-refractivity contribution in [3.63, 3.8) is 0 Å². The molecule has 0 aliphatic heterocycles. The summed E-state index contributed by atoms with van der Waals surface area (Å²) in [4.78, 5) is 22.5. The molecule has 0 unspecified atom stereocenters. The van der Waals surface area contributed by atoms with E-state index in [4.69, 9.17) is 16.3 Å². The van der Waals surface area contributed by atoms with Crippen LogP contribution in [0.5, 0.6) is 5.75 Å². The molecule has 1 amide bonds. The zero-order chi connectivity index (χ0) is 22.5. The number of ether oxygens (including phenoxy) is 1. The van der Waals surface area contributed by atoms with E-state index in [1.165, 1.54) is 18.3 Å². The zero-order valence-electron chi connectivity index (χ0n) is 17.1. The van der Waals surface area contributed by atoms with E-state index in [1.54, 1.807) is 25.5 Å². The minimum Gasteiger partial charge on any atom is -0.483 e. The van der Waals surface area contributed by atoms with Gasteiger partial charge in [-0.05, 0) is 44.0 Å². The highest BCUT2D eigenvalue weighted by atomic mass is 35.5. The Morgan fingerprint density at radius 2 is 1.90 bits per heavy atom. The predicted molar refractivity (Wildman–Crippen MR) is 117 cm³/mol. The molecule has 0 atom stereocenters. The van der Waals surface area contributed by atoms with Gasteiger partial charge in [0.2, 0.25) is 0 Å². The minimum atomic E-state index is -0.488. The van der Waals surface area contributed by atoms with Crippen LogP contribution < -0.4 is 10.2 Å². The fraction of sp³-hybridized carbons (Fsp3) is 0.190. The van der Waals surface area contributed by atoms with Crippen LogP contribution in [0.3, 0.4) is 0 Å². The predicted octanol–water partition coefficient (Wildman–Crippen LogP) is 3.89. The van der Waals surface area contributed by atoms with E-state index in [9.17, 15) is 14.9 Å². The smallest absolute Gasteiger partial charge is 0.277 e. The molecule has 0 saturated carbocycles. The Kier molecular flexibility index (Phi) is 6.66. The highest BCUT2D eigenvalue weighted by Crippen LogP contribution is 2.28. The molecular weight excluding hydrogens is 422 g/mol. The standard InChI is InChI=1S/C21H20ClN5O4/c1-13-9-17(27(29)30)10-14(2)20(13)31-12-19(28)24-23-11-18-15(3)25-26(21(18)22)16-7-5-4-6-8-16/h4-11H,12H2,1-3H3,(H,24,28). The van der Waals surface area contributed by atoms with E-state index in [-0.39, 0.29) is 12.3 Å². The summed E-state index contributed by atoms with van der Waals surface area (Å²) in [5, 5.41) is 19.6. The van der Waals surface area contributed by atoms with Gasteiger partial charge in [-0.2, -0.15) is 10.2 Å². The Morgan fingerprint density at radius 3 is 2.52 bits per heavy atom. The lowest BCUT2D eigenvalue weighted by Gasteiger charge is -2.11.